The van der Waals surface area contributed by atoms with Crippen molar-refractivity contribution in [1.29, 1.82) is 0 Å². The van der Waals surface area contributed by atoms with Crippen LogP contribution < -0.4 is 5.32 Å². The number of hydrogen-bond donors (Lipinski definition) is 1. The Kier molecular flexibility index (Phi) is 6.67. The Morgan fingerprint density at radius 2 is 2.11 bits per heavy atom. The number of rotatable bonds is 7. The van der Waals surface area contributed by atoms with Crippen molar-refractivity contribution >= 4 is 27.5 Å². The van der Waals surface area contributed by atoms with E-state index in [-0.39, 0.29) is 0 Å². The maximum atomic E-state index is 5.84. The predicted octanol–water partition coefficient (Wildman–Crippen LogP) is 3.49. The molecule has 0 bridgehead atoms. The Labute approximate surface area is 123 Å². The molecule has 1 heterocycles. The van der Waals surface area contributed by atoms with Crippen LogP contribution in [0.3, 0.4) is 0 Å². The summed E-state index contributed by atoms with van der Waals surface area (Å²) in [6, 6.07) is 0.453. The second-order valence-corrected chi connectivity index (χ2v) is 6.06. The van der Waals surface area contributed by atoms with Gasteiger partial charge < -0.3 is 5.32 Å². The molecule has 1 N–H and O–H groups in total. The highest BCUT2D eigenvalue weighted by Crippen LogP contribution is 2.22. The zero-order valence-electron chi connectivity index (χ0n) is 11.6. The first kappa shape index (κ1) is 16.0. The van der Waals surface area contributed by atoms with Gasteiger partial charge in [0.25, 0.3) is 0 Å². The van der Waals surface area contributed by atoms with Crippen molar-refractivity contribution in [3.05, 3.63) is 15.9 Å². The maximum absolute atomic E-state index is 5.84. The van der Waals surface area contributed by atoms with E-state index in [1.807, 2.05) is 11.7 Å². The number of hydrogen-bond acceptors (Lipinski definition) is 2. The summed E-state index contributed by atoms with van der Waals surface area (Å²) >= 11 is 9.48. The van der Waals surface area contributed by atoms with Gasteiger partial charge >= 0.3 is 0 Å². The van der Waals surface area contributed by atoms with Crippen molar-refractivity contribution in [3.8, 4) is 0 Å². The number of nitrogens with one attached hydrogen (secondary N) is 1. The van der Waals surface area contributed by atoms with E-state index in [1.165, 1.54) is 5.69 Å². The van der Waals surface area contributed by atoms with Crippen LogP contribution in [-0.2, 0) is 20.0 Å². The lowest BCUT2D eigenvalue weighted by atomic mass is 10.0. The monoisotopic (exact) mass is 335 g/mol. The van der Waals surface area contributed by atoms with Crippen LogP contribution in [-0.4, -0.2) is 21.7 Å². The Hall–Kier alpha value is -0.0600. The number of aryl methyl sites for hydroxylation is 2. The topological polar surface area (TPSA) is 29.9 Å². The van der Waals surface area contributed by atoms with Crippen molar-refractivity contribution in [1.82, 2.24) is 15.1 Å². The van der Waals surface area contributed by atoms with Crippen LogP contribution in [0.2, 0.25) is 0 Å². The molecule has 0 fully saturated rings. The quantitative estimate of drug-likeness (QED) is 0.773. The molecule has 0 aliphatic rings. The molecule has 1 aromatic rings. The molecule has 0 saturated heterocycles. The molecule has 1 unspecified atom stereocenters. The lowest BCUT2D eigenvalue weighted by molar-refractivity contribution is 0.383. The molecule has 1 rings (SSSR count). The minimum Gasteiger partial charge on any atom is -0.308 e. The highest BCUT2D eigenvalue weighted by Gasteiger charge is 2.16. The van der Waals surface area contributed by atoms with Gasteiger partial charge in [-0.25, -0.2) is 0 Å². The van der Waals surface area contributed by atoms with E-state index < -0.39 is 0 Å². The summed E-state index contributed by atoms with van der Waals surface area (Å²) in [5.74, 6) is 1.28. The molecule has 0 aliphatic carbocycles. The smallest absolute Gasteiger partial charge is 0.0767 e. The van der Waals surface area contributed by atoms with Crippen LogP contribution in [0.15, 0.2) is 4.47 Å². The molecule has 0 aliphatic heterocycles. The van der Waals surface area contributed by atoms with Crippen molar-refractivity contribution in [3.63, 3.8) is 0 Å². The van der Waals surface area contributed by atoms with Crippen LogP contribution >= 0.6 is 27.5 Å². The summed E-state index contributed by atoms with van der Waals surface area (Å²) in [5.41, 5.74) is 2.32. The molecular formula is C13H23BrClN3. The first-order valence-electron chi connectivity index (χ1n) is 6.50. The van der Waals surface area contributed by atoms with E-state index in [2.05, 4.69) is 47.1 Å². The van der Waals surface area contributed by atoms with Crippen molar-refractivity contribution in [2.24, 2.45) is 13.0 Å². The summed E-state index contributed by atoms with van der Waals surface area (Å²) < 4.78 is 3.09. The average molecular weight is 337 g/mol. The molecule has 18 heavy (non-hydrogen) atoms. The normalized spacial score (nSPS) is 13.3. The second-order valence-electron chi connectivity index (χ2n) is 4.89. The minimum absolute atomic E-state index is 0.453. The van der Waals surface area contributed by atoms with Crippen molar-refractivity contribution in [2.75, 3.05) is 5.88 Å². The van der Waals surface area contributed by atoms with Crippen LogP contribution in [0.5, 0.6) is 0 Å². The first-order chi connectivity index (χ1) is 8.51. The molecule has 5 heteroatoms. The molecule has 1 atom stereocenters. The number of alkyl halides is 1. The molecule has 0 saturated carbocycles. The van der Waals surface area contributed by atoms with Gasteiger partial charge in [-0.3, -0.25) is 4.68 Å². The van der Waals surface area contributed by atoms with E-state index in [1.54, 1.807) is 0 Å². The van der Waals surface area contributed by atoms with Gasteiger partial charge in [0.05, 0.1) is 15.9 Å². The van der Waals surface area contributed by atoms with E-state index >= 15 is 0 Å². The minimum atomic E-state index is 0.453. The zero-order valence-corrected chi connectivity index (χ0v) is 14.0. The molecular weight excluding hydrogens is 314 g/mol. The summed E-state index contributed by atoms with van der Waals surface area (Å²) in [5, 5.41) is 8.08. The summed E-state index contributed by atoms with van der Waals surface area (Å²) in [6.07, 6.45) is 1.94. The van der Waals surface area contributed by atoms with Gasteiger partial charge in [-0.05, 0) is 34.7 Å². The van der Waals surface area contributed by atoms with Crippen LogP contribution in [0.4, 0.5) is 0 Å². The van der Waals surface area contributed by atoms with Crippen LogP contribution in [0.1, 0.15) is 38.6 Å². The third kappa shape index (κ3) is 3.97. The largest absolute Gasteiger partial charge is 0.308 e. The number of halogens is 2. The van der Waals surface area contributed by atoms with Gasteiger partial charge in [0, 0.05) is 25.5 Å². The van der Waals surface area contributed by atoms with Gasteiger partial charge in [0.2, 0.25) is 0 Å². The zero-order chi connectivity index (χ0) is 13.7. The SMILES string of the molecule is CCc1nn(C)c(CNC(CCCl)C(C)C)c1Br. The third-order valence-electron chi connectivity index (χ3n) is 3.26. The summed E-state index contributed by atoms with van der Waals surface area (Å²) in [7, 11) is 1.99. The van der Waals surface area contributed by atoms with Crippen LogP contribution in [0.25, 0.3) is 0 Å². The van der Waals surface area contributed by atoms with Gasteiger partial charge in [0.1, 0.15) is 0 Å². The van der Waals surface area contributed by atoms with Gasteiger partial charge in [-0.1, -0.05) is 20.8 Å². The highest BCUT2D eigenvalue weighted by atomic mass is 79.9. The fourth-order valence-electron chi connectivity index (χ4n) is 2.03. The van der Waals surface area contributed by atoms with Gasteiger partial charge in [-0.15, -0.1) is 11.6 Å². The molecule has 3 nitrogen and oxygen atoms in total. The molecule has 0 amide bonds. The third-order valence-corrected chi connectivity index (χ3v) is 4.39. The molecule has 0 spiro atoms. The first-order valence-corrected chi connectivity index (χ1v) is 7.83. The Bertz CT molecular complexity index is 377. The van der Waals surface area contributed by atoms with Gasteiger partial charge in [-0.2, -0.15) is 5.10 Å². The van der Waals surface area contributed by atoms with E-state index in [4.69, 9.17) is 11.6 Å². The fourth-order valence-corrected chi connectivity index (χ4v) is 3.02. The second kappa shape index (κ2) is 7.51. The van der Waals surface area contributed by atoms with Crippen molar-refractivity contribution < 1.29 is 0 Å². The van der Waals surface area contributed by atoms with Gasteiger partial charge in [0.15, 0.2) is 0 Å². The summed E-state index contributed by atoms with van der Waals surface area (Å²) in [4.78, 5) is 0. The number of aromatic nitrogens is 2. The Morgan fingerprint density at radius 3 is 2.56 bits per heavy atom. The number of nitrogens with zero attached hydrogens (tertiary/aromatic N) is 2. The van der Waals surface area contributed by atoms with Crippen molar-refractivity contribution in [2.45, 2.75) is 46.2 Å². The Morgan fingerprint density at radius 1 is 1.44 bits per heavy atom. The standard InChI is InChI=1S/C13H23BrClN3/c1-5-10-13(14)12(18(4)17-10)8-16-11(6-7-15)9(2)3/h9,11,16H,5-8H2,1-4H3. The Balaban J connectivity index is 2.70. The lowest BCUT2D eigenvalue weighted by Gasteiger charge is -2.21. The fraction of sp³-hybridized carbons (Fsp3) is 0.769. The predicted molar refractivity (Wildman–Crippen MR) is 81.1 cm³/mol. The van der Waals surface area contributed by atoms with E-state index in [9.17, 15) is 0 Å². The molecule has 0 radical (unpaired) electrons. The van der Waals surface area contributed by atoms with E-state index in [0.717, 1.165) is 29.6 Å². The molecule has 0 aromatic carbocycles. The average Bonchev–Trinajstić information content (AvgIpc) is 2.60. The molecule has 1 aromatic heterocycles. The molecule has 104 valence electrons. The summed E-state index contributed by atoms with van der Waals surface area (Å²) in [6.45, 7) is 7.39. The highest BCUT2D eigenvalue weighted by molar-refractivity contribution is 9.10. The maximum Gasteiger partial charge on any atom is 0.0767 e. The lowest BCUT2D eigenvalue weighted by Crippen LogP contribution is -2.34. The van der Waals surface area contributed by atoms with E-state index in [0.29, 0.717) is 17.8 Å². The van der Waals surface area contributed by atoms with Crippen LogP contribution in [0, 0.1) is 5.92 Å².